The van der Waals surface area contributed by atoms with Crippen molar-refractivity contribution in [3.8, 4) is 0 Å². The Hall–Kier alpha value is -0.840. The van der Waals surface area contributed by atoms with Gasteiger partial charge in [-0.05, 0) is 6.92 Å². The fourth-order valence-corrected chi connectivity index (χ4v) is 0.793. The van der Waals surface area contributed by atoms with E-state index in [1.165, 1.54) is 6.07 Å². The third kappa shape index (κ3) is 1.80. The van der Waals surface area contributed by atoms with Gasteiger partial charge in [-0.3, -0.25) is 0 Å². The molecule has 1 aromatic rings. The number of aromatic nitrogens is 1. The molecule has 1 atom stereocenters. The molecular weight excluding hydrogens is 214 g/mol. The number of alkyl halides is 1. The summed E-state index contributed by atoms with van der Waals surface area (Å²) in [4.78, 5) is 10.3. The van der Waals surface area contributed by atoms with Gasteiger partial charge in [0.2, 0.25) is 0 Å². The Morgan fingerprint density at radius 3 is 2.82 bits per heavy atom. The predicted octanol–water partition coefficient (Wildman–Crippen LogP) is 1.83. The molecule has 5 heteroatoms. The van der Waals surface area contributed by atoms with E-state index in [-0.39, 0.29) is 10.5 Å². The maximum Gasteiger partial charge on any atom is 0.358 e. The molecule has 0 aliphatic rings. The van der Waals surface area contributed by atoms with Gasteiger partial charge < -0.3 is 9.63 Å². The summed E-state index contributed by atoms with van der Waals surface area (Å²) in [5.74, 6) is -0.560. The maximum atomic E-state index is 10.3. The predicted molar refractivity (Wildman–Crippen MR) is 40.8 cm³/mol. The van der Waals surface area contributed by atoms with Gasteiger partial charge in [-0.25, -0.2) is 4.79 Å². The largest absolute Gasteiger partial charge is 0.476 e. The van der Waals surface area contributed by atoms with Gasteiger partial charge in [-0.1, -0.05) is 21.1 Å². The minimum Gasteiger partial charge on any atom is -0.476 e. The Kier molecular flexibility index (Phi) is 2.28. The molecular formula is C6H6BrNO3. The molecule has 1 N–H and O–H groups in total. The van der Waals surface area contributed by atoms with Crippen LogP contribution in [0.25, 0.3) is 0 Å². The van der Waals surface area contributed by atoms with Crippen LogP contribution in [-0.2, 0) is 0 Å². The zero-order chi connectivity index (χ0) is 8.43. The van der Waals surface area contributed by atoms with E-state index in [1.807, 2.05) is 6.92 Å². The lowest BCUT2D eigenvalue weighted by Gasteiger charge is -1.90. The van der Waals surface area contributed by atoms with Gasteiger partial charge in [0.1, 0.15) is 0 Å². The molecule has 0 amide bonds. The molecule has 0 radical (unpaired) electrons. The molecule has 0 bridgehead atoms. The summed E-state index contributed by atoms with van der Waals surface area (Å²) < 4.78 is 4.71. The molecule has 0 fully saturated rings. The number of rotatable bonds is 2. The molecule has 4 nitrogen and oxygen atoms in total. The van der Waals surface area contributed by atoms with Crippen molar-refractivity contribution in [2.45, 2.75) is 11.8 Å². The second kappa shape index (κ2) is 3.04. The van der Waals surface area contributed by atoms with Crippen LogP contribution < -0.4 is 0 Å². The van der Waals surface area contributed by atoms with Gasteiger partial charge in [0, 0.05) is 6.07 Å². The summed E-state index contributed by atoms with van der Waals surface area (Å²) in [6, 6.07) is 1.39. The normalized spacial score (nSPS) is 12.9. The van der Waals surface area contributed by atoms with Gasteiger partial charge in [0.05, 0.1) is 4.83 Å². The summed E-state index contributed by atoms with van der Waals surface area (Å²) in [5, 5.41) is 11.8. The van der Waals surface area contributed by atoms with E-state index >= 15 is 0 Å². The topological polar surface area (TPSA) is 63.3 Å². The second-order valence-electron chi connectivity index (χ2n) is 2.04. The highest BCUT2D eigenvalue weighted by molar-refractivity contribution is 9.09. The monoisotopic (exact) mass is 219 g/mol. The van der Waals surface area contributed by atoms with E-state index in [2.05, 4.69) is 21.1 Å². The maximum absolute atomic E-state index is 10.3. The number of aromatic carboxylic acids is 1. The van der Waals surface area contributed by atoms with Crippen LogP contribution >= 0.6 is 15.9 Å². The SMILES string of the molecule is CC(Br)c1cc(C(=O)O)no1. The summed E-state index contributed by atoms with van der Waals surface area (Å²) in [6.07, 6.45) is 0. The lowest BCUT2D eigenvalue weighted by atomic mass is 10.3. The first-order valence-electron chi connectivity index (χ1n) is 2.95. The fourth-order valence-electron chi connectivity index (χ4n) is 0.578. The Balaban J connectivity index is 2.90. The van der Waals surface area contributed by atoms with Crippen LogP contribution in [0.3, 0.4) is 0 Å². The van der Waals surface area contributed by atoms with Gasteiger partial charge in [-0.2, -0.15) is 0 Å². The first-order valence-corrected chi connectivity index (χ1v) is 3.87. The molecule has 0 aliphatic carbocycles. The van der Waals surface area contributed by atoms with Crippen molar-refractivity contribution in [3.63, 3.8) is 0 Å². The number of carboxylic acid groups (broad SMARTS) is 1. The molecule has 1 aromatic heterocycles. The number of carboxylic acids is 1. The molecule has 0 saturated heterocycles. The van der Waals surface area contributed by atoms with Crippen LogP contribution in [0, 0.1) is 0 Å². The number of hydrogen-bond donors (Lipinski definition) is 1. The molecule has 1 heterocycles. The minimum atomic E-state index is -1.08. The van der Waals surface area contributed by atoms with E-state index in [0.29, 0.717) is 5.76 Å². The molecule has 0 saturated carbocycles. The number of halogens is 1. The van der Waals surface area contributed by atoms with Gasteiger partial charge in [0.25, 0.3) is 0 Å². The van der Waals surface area contributed by atoms with Crippen LogP contribution in [-0.4, -0.2) is 16.2 Å². The quantitative estimate of drug-likeness (QED) is 0.772. The van der Waals surface area contributed by atoms with E-state index in [9.17, 15) is 4.79 Å². The summed E-state index contributed by atoms with van der Waals surface area (Å²) in [7, 11) is 0. The summed E-state index contributed by atoms with van der Waals surface area (Å²) >= 11 is 3.22. The third-order valence-corrected chi connectivity index (χ3v) is 1.59. The highest BCUT2D eigenvalue weighted by atomic mass is 79.9. The van der Waals surface area contributed by atoms with Gasteiger partial charge >= 0.3 is 5.97 Å². The Morgan fingerprint density at radius 1 is 1.91 bits per heavy atom. The second-order valence-corrected chi connectivity index (χ2v) is 3.41. The van der Waals surface area contributed by atoms with Crippen molar-refractivity contribution < 1.29 is 14.4 Å². The Morgan fingerprint density at radius 2 is 2.55 bits per heavy atom. The van der Waals surface area contributed by atoms with Crippen molar-refractivity contribution in [3.05, 3.63) is 17.5 Å². The lowest BCUT2D eigenvalue weighted by molar-refractivity contribution is 0.0685. The first-order chi connectivity index (χ1) is 5.11. The van der Waals surface area contributed by atoms with Crippen LogP contribution in [0.15, 0.2) is 10.6 Å². The molecule has 11 heavy (non-hydrogen) atoms. The summed E-state index contributed by atoms with van der Waals surface area (Å²) in [5.41, 5.74) is -0.0636. The van der Waals surface area contributed by atoms with Crippen molar-refractivity contribution in [1.29, 1.82) is 0 Å². The smallest absolute Gasteiger partial charge is 0.358 e. The van der Waals surface area contributed by atoms with Crippen LogP contribution in [0.1, 0.15) is 28.0 Å². The number of carbonyl (C=O) groups is 1. The fraction of sp³-hybridized carbons (Fsp3) is 0.333. The van der Waals surface area contributed by atoms with E-state index in [1.54, 1.807) is 0 Å². The Bertz CT molecular complexity index is 269. The highest BCUT2D eigenvalue weighted by Gasteiger charge is 2.13. The van der Waals surface area contributed by atoms with Crippen LogP contribution in [0.2, 0.25) is 0 Å². The minimum absolute atomic E-state index is 0.0110. The number of nitrogens with zero attached hydrogens (tertiary/aromatic N) is 1. The van der Waals surface area contributed by atoms with Gasteiger partial charge in [-0.15, -0.1) is 0 Å². The zero-order valence-electron chi connectivity index (χ0n) is 5.74. The molecule has 1 rings (SSSR count). The number of hydrogen-bond acceptors (Lipinski definition) is 3. The molecule has 0 aliphatic heterocycles. The first kappa shape index (κ1) is 8.26. The van der Waals surface area contributed by atoms with Crippen molar-refractivity contribution in [2.75, 3.05) is 0 Å². The van der Waals surface area contributed by atoms with Crippen molar-refractivity contribution >= 4 is 21.9 Å². The molecule has 60 valence electrons. The van der Waals surface area contributed by atoms with E-state index < -0.39 is 5.97 Å². The molecule has 0 spiro atoms. The standard InChI is InChI=1S/C6H6BrNO3/c1-3(7)5-2-4(6(9)10)8-11-5/h2-3H,1H3,(H,9,10). The average molecular weight is 220 g/mol. The average Bonchev–Trinajstić information content (AvgIpc) is 2.33. The highest BCUT2D eigenvalue weighted by Crippen LogP contribution is 2.21. The van der Waals surface area contributed by atoms with E-state index in [4.69, 9.17) is 9.63 Å². The third-order valence-electron chi connectivity index (χ3n) is 1.14. The lowest BCUT2D eigenvalue weighted by Crippen LogP contribution is -1.94. The van der Waals surface area contributed by atoms with Crippen molar-refractivity contribution in [2.24, 2.45) is 0 Å². The summed E-state index contributed by atoms with van der Waals surface area (Å²) in [6.45, 7) is 1.83. The molecule has 1 unspecified atom stereocenters. The van der Waals surface area contributed by atoms with Crippen LogP contribution in [0.4, 0.5) is 0 Å². The van der Waals surface area contributed by atoms with Gasteiger partial charge in [0.15, 0.2) is 11.5 Å². The van der Waals surface area contributed by atoms with Crippen molar-refractivity contribution in [1.82, 2.24) is 5.16 Å². The Labute approximate surface area is 71.3 Å². The van der Waals surface area contributed by atoms with Crippen LogP contribution in [0.5, 0.6) is 0 Å². The molecule has 0 aromatic carbocycles. The van der Waals surface area contributed by atoms with E-state index in [0.717, 1.165) is 0 Å². The zero-order valence-corrected chi connectivity index (χ0v) is 7.33.